The molecule has 0 amide bonds. The molecule has 0 aromatic carbocycles. The summed E-state index contributed by atoms with van der Waals surface area (Å²) in [4.78, 5) is 0. The molecule has 5 atom stereocenters. The Labute approximate surface area is 89.9 Å². The van der Waals surface area contributed by atoms with Crippen LogP contribution in [0, 0.1) is 5.92 Å². The molecular weight excluding hydrogens is 198 g/mol. The minimum Gasteiger partial charge on any atom is -0.388 e. The molecule has 1 rings (SSSR count). The third-order valence-electron chi connectivity index (χ3n) is 2.75. The molecule has 5 N–H and O–H groups in total. The summed E-state index contributed by atoms with van der Waals surface area (Å²) in [5.74, 6) is 0.352. The molecule has 0 saturated carbocycles. The van der Waals surface area contributed by atoms with Crippen molar-refractivity contribution in [2.45, 2.75) is 50.8 Å². The van der Waals surface area contributed by atoms with Gasteiger partial charge in [-0.05, 0) is 12.3 Å². The van der Waals surface area contributed by atoms with E-state index < -0.39 is 30.5 Å². The van der Waals surface area contributed by atoms with E-state index in [1.165, 1.54) is 0 Å². The minimum absolute atomic E-state index is 0.138. The van der Waals surface area contributed by atoms with Crippen molar-refractivity contribution in [3.05, 3.63) is 0 Å². The summed E-state index contributed by atoms with van der Waals surface area (Å²) in [6.07, 6.45) is -3.71. The van der Waals surface area contributed by atoms with Crippen LogP contribution in [0.15, 0.2) is 0 Å². The largest absolute Gasteiger partial charge is 0.388 e. The van der Waals surface area contributed by atoms with Crippen LogP contribution in [0.3, 0.4) is 0 Å². The van der Waals surface area contributed by atoms with Crippen LogP contribution in [0.1, 0.15) is 20.3 Å². The number of ether oxygens (including phenoxy) is 1. The summed E-state index contributed by atoms with van der Waals surface area (Å²) in [5.41, 5.74) is 5.42. The van der Waals surface area contributed by atoms with Gasteiger partial charge in [0.25, 0.3) is 0 Å². The fourth-order valence-electron chi connectivity index (χ4n) is 1.88. The number of hydrogen-bond donors (Lipinski definition) is 4. The lowest BCUT2D eigenvalue weighted by atomic mass is 9.90. The summed E-state index contributed by atoms with van der Waals surface area (Å²) in [7, 11) is 0. The lowest BCUT2D eigenvalue weighted by Gasteiger charge is -2.41. The molecule has 5 nitrogen and oxygen atoms in total. The van der Waals surface area contributed by atoms with Gasteiger partial charge in [0.1, 0.15) is 18.3 Å². The molecule has 1 fully saturated rings. The summed E-state index contributed by atoms with van der Waals surface area (Å²) in [6.45, 7) is 4.15. The van der Waals surface area contributed by atoms with E-state index in [1.807, 2.05) is 13.8 Å². The second-order valence-corrected chi connectivity index (χ2v) is 4.55. The van der Waals surface area contributed by atoms with Crippen LogP contribution in [0.25, 0.3) is 0 Å². The van der Waals surface area contributed by atoms with E-state index in [9.17, 15) is 15.3 Å². The Hall–Kier alpha value is -0.200. The highest BCUT2D eigenvalue weighted by Gasteiger charge is 2.42. The van der Waals surface area contributed by atoms with E-state index in [0.717, 1.165) is 0 Å². The molecule has 0 aromatic heterocycles. The Morgan fingerprint density at radius 2 is 1.60 bits per heavy atom. The smallest absolute Gasteiger partial charge is 0.111 e. The SMILES string of the molecule is CC(C)CC1OC(CN)C(O)C(O)C1O. The first-order chi connectivity index (χ1) is 6.97. The van der Waals surface area contributed by atoms with Crippen molar-refractivity contribution in [3.63, 3.8) is 0 Å². The summed E-state index contributed by atoms with van der Waals surface area (Å²) >= 11 is 0. The predicted molar refractivity (Wildman–Crippen MR) is 55.2 cm³/mol. The number of nitrogens with two attached hydrogens (primary N) is 1. The van der Waals surface area contributed by atoms with Crippen LogP contribution >= 0.6 is 0 Å². The number of rotatable bonds is 3. The average molecular weight is 219 g/mol. The second kappa shape index (κ2) is 5.23. The highest BCUT2D eigenvalue weighted by Crippen LogP contribution is 2.24. The summed E-state index contributed by atoms with van der Waals surface area (Å²) in [5, 5.41) is 28.8. The second-order valence-electron chi connectivity index (χ2n) is 4.55. The van der Waals surface area contributed by atoms with E-state index in [-0.39, 0.29) is 6.54 Å². The van der Waals surface area contributed by atoms with Crippen molar-refractivity contribution in [1.29, 1.82) is 0 Å². The summed E-state index contributed by atoms with van der Waals surface area (Å²) < 4.78 is 5.46. The van der Waals surface area contributed by atoms with Gasteiger partial charge >= 0.3 is 0 Å². The maximum atomic E-state index is 9.69. The fraction of sp³-hybridized carbons (Fsp3) is 1.00. The molecule has 0 aliphatic carbocycles. The third kappa shape index (κ3) is 2.89. The van der Waals surface area contributed by atoms with Crippen LogP contribution in [0.4, 0.5) is 0 Å². The molecule has 5 unspecified atom stereocenters. The van der Waals surface area contributed by atoms with Crippen molar-refractivity contribution in [3.8, 4) is 0 Å². The van der Waals surface area contributed by atoms with Crippen LogP contribution in [-0.2, 0) is 4.74 Å². The Morgan fingerprint density at radius 3 is 2.07 bits per heavy atom. The van der Waals surface area contributed by atoms with Crippen molar-refractivity contribution in [2.24, 2.45) is 11.7 Å². The zero-order valence-electron chi connectivity index (χ0n) is 9.21. The molecule has 0 aromatic rings. The molecular formula is C10H21NO4. The van der Waals surface area contributed by atoms with Crippen molar-refractivity contribution < 1.29 is 20.1 Å². The topological polar surface area (TPSA) is 95.9 Å². The predicted octanol–water partition coefficient (Wildman–Crippen LogP) is -1.16. The maximum Gasteiger partial charge on any atom is 0.111 e. The standard InChI is InChI=1S/C10H21NO4/c1-5(2)3-6-8(12)10(14)9(13)7(4-11)15-6/h5-10,12-14H,3-4,11H2,1-2H3. The molecule has 1 saturated heterocycles. The van der Waals surface area contributed by atoms with Crippen LogP contribution in [0.5, 0.6) is 0 Å². The van der Waals surface area contributed by atoms with E-state index >= 15 is 0 Å². The van der Waals surface area contributed by atoms with Gasteiger partial charge in [-0.15, -0.1) is 0 Å². The maximum absolute atomic E-state index is 9.69. The number of hydrogen-bond acceptors (Lipinski definition) is 5. The lowest BCUT2D eigenvalue weighted by molar-refractivity contribution is -0.222. The molecule has 5 heteroatoms. The molecule has 1 heterocycles. The normalized spacial score (nSPS) is 42.2. The van der Waals surface area contributed by atoms with Gasteiger partial charge in [-0.25, -0.2) is 0 Å². The Kier molecular flexibility index (Phi) is 4.48. The number of aliphatic hydroxyl groups excluding tert-OH is 3. The van der Waals surface area contributed by atoms with Crippen molar-refractivity contribution >= 4 is 0 Å². The monoisotopic (exact) mass is 219 g/mol. The van der Waals surface area contributed by atoms with E-state index in [2.05, 4.69) is 0 Å². The van der Waals surface area contributed by atoms with Gasteiger partial charge < -0.3 is 25.8 Å². The van der Waals surface area contributed by atoms with E-state index in [0.29, 0.717) is 12.3 Å². The molecule has 0 spiro atoms. The highest BCUT2D eigenvalue weighted by atomic mass is 16.5. The minimum atomic E-state index is -1.17. The molecule has 90 valence electrons. The molecule has 0 bridgehead atoms. The van der Waals surface area contributed by atoms with Gasteiger partial charge in [0.2, 0.25) is 0 Å². The van der Waals surface area contributed by atoms with Crippen LogP contribution < -0.4 is 5.73 Å². The summed E-state index contributed by atoms with van der Waals surface area (Å²) in [6, 6.07) is 0. The lowest BCUT2D eigenvalue weighted by Crippen LogP contribution is -2.59. The van der Waals surface area contributed by atoms with Gasteiger partial charge in [0, 0.05) is 6.54 Å². The quantitative estimate of drug-likeness (QED) is 0.480. The van der Waals surface area contributed by atoms with Crippen molar-refractivity contribution in [1.82, 2.24) is 0 Å². The zero-order valence-corrected chi connectivity index (χ0v) is 9.21. The highest BCUT2D eigenvalue weighted by molar-refractivity contribution is 4.92. The molecule has 1 aliphatic heterocycles. The Bertz CT molecular complexity index is 198. The average Bonchev–Trinajstić information content (AvgIpc) is 2.18. The van der Waals surface area contributed by atoms with Crippen LogP contribution in [-0.4, -0.2) is 52.4 Å². The first-order valence-electron chi connectivity index (χ1n) is 5.37. The third-order valence-corrected chi connectivity index (χ3v) is 2.75. The van der Waals surface area contributed by atoms with Crippen LogP contribution in [0.2, 0.25) is 0 Å². The van der Waals surface area contributed by atoms with Gasteiger partial charge in [-0.3, -0.25) is 0 Å². The first-order valence-corrected chi connectivity index (χ1v) is 5.37. The van der Waals surface area contributed by atoms with Gasteiger partial charge in [-0.2, -0.15) is 0 Å². The molecule has 1 aliphatic rings. The van der Waals surface area contributed by atoms with E-state index in [1.54, 1.807) is 0 Å². The molecule has 15 heavy (non-hydrogen) atoms. The van der Waals surface area contributed by atoms with Gasteiger partial charge in [0.15, 0.2) is 0 Å². The van der Waals surface area contributed by atoms with Gasteiger partial charge in [-0.1, -0.05) is 13.8 Å². The first kappa shape index (κ1) is 12.9. The van der Waals surface area contributed by atoms with Gasteiger partial charge in [0.05, 0.1) is 12.2 Å². The van der Waals surface area contributed by atoms with Crippen molar-refractivity contribution in [2.75, 3.05) is 6.54 Å². The molecule has 0 radical (unpaired) electrons. The fourth-order valence-corrected chi connectivity index (χ4v) is 1.88. The Balaban J connectivity index is 2.65. The number of aliphatic hydroxyl groups is 3. The zero-order chi connectivity index (χ0) is 11.6. The Morgan fingerprint density at radius 1 is 1.07 bits per heavy atom. The van der Waals surface area contributed by atoms with E-state index in [4.69, 9.17) is 10.5 Å².